The topological polar surface area (TPSA) is 101 Å². The number of amides is 1. The molecule has 0 saturated heterocycles. The van der Waals surface area contributed by atoms with Crippen molar-refractivity contribution in [1.82, 2.24) is 10.3 Å². The van der Waals surface area contributed by atoms with Crippen LogP contribution in [0.2, 0.25) is 0 Å². The minimum atomic E-state index is -0.679. The number of hydrogen-bond donors (Lipinski definition) is 3. The Morgan fingerprint density at radius 3 is 3.13 bits per heavy atom. The predicted octanol–water partition coefficient (Wildman–Crippen LogP) is 1.39. The van der Waals surface area contributed by atoms with Gasteiger partial charge in [-0.1, -0.05) is 6.42 Å². The molecule has 2 atom stereocenters. The van der Waals surface area contributed by atoms with Crippen molar-refractivity contribution in [2.45, 2.75) is 32.2 Å². The van der Waals surface area contributed by atoms with Gasteiger partial charge < -0.3 is 20.5 Å². The quantitative estimate of drug-likeness (QED) is 0.758. The van der Waals surface area contributed by atoms with Crippen LogP contribution in [-0.2, 0) is 16.1 Å². The number of hydrogen-bond acceptors (Lipinski definition) is 5. The van der Waals surface area contributed by atoms with Gasteiger partial charge in [-0.3, -0.25) is 9.59 Å². The van der Waals surface area contributed by atoms with Crippen molar-refractivity contribution in [3.63, 3.8) is 0 Å². The van der Waals surface area contributed by atoms with Crippen molar-refractivity contribution < 1.29 is 19.4 Å². The van der Waals surface area contributed by atoms with Crippen LogP contribution in [0.1, 0.15) is 31.4 Å². The number of aliphatic carboxylic acids is 1. The van der Waals surface area contributed by atoms with Gasteiger partial charge in [0.25, 0.3) is 5.91 Å². The van der Waals surface area contributed by atoms with E-state index in [1.54, 1.807) is 6.07 Å². The van der Waals surface area contributed by atoms with Crippen LogP contribution >= 0.6 is 0 Å². The molecular formula is C16H21N3O4. The van der Waals surface area contributed by atoms with Gasteiger partial charge in [0.05, 0.1) is 11.6 Å². The van der Waals surface area contributed by atoms with Crippen LogP contribution in [0, 0.1) is 11.8 Å². The van der Waals surface area contributed by atoms with Crippen LogP contribution < -0.4 is 15.4 Å². The summed E-state index contributed by atoms with van der Waals surface area (Å²) in [4.78, 5) is 26.8. The number of carboxylic acid groups (broad SMARTS) is 1. The van der Waals surface area contributed by atoms with Crippen LogP contribution in [0.4, 0.5) is 5.82 Å². The summed E-state index contributed by atoms with van der Waals surface area (Å²) in [6.07, 6.45) is 3.57. The minimum absolute atomic E-state index is 0.0265. The summed E-state index contributed by atoms with van der Waals surface area (Å²) in [5, 5.41) is 15.1. The van der Waals surface area contributed by atoms with E-state index >= 15 is 0 Å². The van der Waals surface area contributed by atoms with Gasteiger partial charge in [0.1, 0.15) is 0 Å². The smallest absolute Gasteiger partial charge is 0.306 e. The van der Waals surface area contributed by atoms with Crippen molar-refractivity contribution in [2.24, 2.45) is 11.8 Å². The number of rotatable bonds is 5. The maximum atomic E-state index is 11.3. The van der Waals surface area contributed by atoms with Crippen LogP contribution in [0.25, 0.3) is 0 Å². The van der Waals surface area contributed by atoms with E-state index in [9.17, 15) is 9.59 Å². The summed E-state index contributed by atoms with van der Waals surface area (Å²) >= 11 is 0. The van der Waals surface area contributed by atoms with Crippen molar-refractivity contribution >= 4 is 17.7 Å². The fourth-order valence-electron chi connectivity index (χ4n) is 3.21. The maximum Gasteiger partial charge on any atom is 0.306 e. The highest BCUT2D eigenvalue weighted by molar-refractivity contribution is 5.94. The summed E-state index contributed by atoms with van der Waals surface area (Å²) in [6.45, 7) is 1.39. The number of pyridine rings is 1. The van der Waals surface area contributed by atoms with E-state index in [0.29, 0.717) is 24.0 Å². The molecule has 7 heteroatoms. The molecule has 1 aromatic rings. The monoisotopic (exact) mass is 319 g/mol. The Morgan fingerprint density at radius 2 is 2.30 bits per heavy atom. The zero-order chi connectivity index (χ0) is 16.2. The van der Waals surface area contributed by atoms with E-state index < -0.39 is 5.97 Å². The highest BCUT2D eigenvalue weighted by Crippen LogP contribution is 2.29. The average Bonchev–Trinajstić information content (AvgIpc) is 2.54. The van der Waals surface area contributed by atoms with Gasteiger partial charge in [0.2, 0.25) is 0 Å². The molecule has 23 heavy (non-hydrogen) atoms. The summed E-state index contributed by atoms with van der Waals surface area (Å²) in [6, 6.07) is 3.67. The molecule has 3 N–H and O–H groups in total. The van der Waals surface area contributed by atoms with E-state index in [-0.39, 0.29) is 18.4 Å². The molecule has 2 aliphatic rings. The molecule has 1 aliphatic heterocycles. The molecular weight excluding hydrogens is 298 g/mol. The number of fused-ring (bicyclic) bond motifs is 1. The average molecular weight is 319 g/mol. The standard InChI is InChI=1S/C16H21N3O4/c20-14-9-23-13-5-4-12(18-15(13)19-14)8-17-7-10-2-1-3-11(6-10)16(21)22/h4-5,10-11,17H,1-3,6-9H2,(H,21,22)(H,18,19,20). The maximum absolute atomic E-state index is 11.3. The number of anilines is 1. The normalized spacial score (nSPS) is 23.6. The largest absolute Gasteiger partial charge is 0.481 e. The summed E-state index contributed by atoms with van der Waals surface area (Å²) < 4.78 is 5.27. The zero-order valence-corrected chi connectivity index (χ0v) is 12.9. The highest BCUT2D eigenvalue weighted by atomic mass is 16.5. The van der Waals surface area contributed by atoms with Crippen LogP contribution in [0.15, 0.2) is 12.1 Å². The SMILES string of the molecule is O=C1COc2ccc(CNCC3CCCC(C(=O)O)C3)nc2N1. The molecule has 7 nitrogen and oxygen atoms in total. The number of ether oxygens (including phenoxy) is 1. The summed E-state index contributed by atoms with van der Waals surface area (Å²) in [5.74, 6) is 0.364. The Bertz CT molecular complexity index is 605. The Labute approximate surface area is 134 Å². The molecule has 0 aromatic carbocycles. The van der Waals surface area contributed by atoms with E-state index in [4.69, 9.17) is 9.84 Å². The minimum Gasteiger partial charge on any atom is -0.481 e. The second-order valence-electron chi connectivity index (χ2n) is 6.18. The molecule has 1 aliphatic carbocycles. The zero-order valence-electron chi connectivity index (χ0n) is 12.9. The van der Waals surface area contributed by atoms with E-state index in [1.807, 2.05) is 6.07 Å². The first-order valence-corrected chi connectivity index (χ1v) is 7.98. The lowest BCUT2D eigenvalue weighted by molar-refractivity contribution is -0.143. The first-order valence-electron chi connectivity index (χ1n) is 7.98. The lowest BCUT2D eigenvalue weighted by atomic mass is 9.81. The number of nitrogens with zero attached hydrogens (tertiary/aromatic N) is 1. The van der Waals surface area contributed by atoms with Crippen LogP contribution in [0.5, 0.6) is 5.75 Å². The Balaban J connectivity index is 1.50. The molecule has 1 fully saturated rings. The molecule has 2 heterocycles. The number of aromatic nitrogens is 1. The molecule has 1 amide bonds. The lowest BCUT2D eigenvalue weighted by Gasteiger charge is -2.26. The first kappa shape index (κ1) is 15.7. The second kappa shape index (κ2) is 6.95. The number of carboxylic acids is 1. The van der Waals surface area contributed by atoms with Gasteiger partial charge >= 0.3 is 5.97 Å². The Hall–Kier alpha value is -2.15. The molecule has 1 aromatic heterocycles. The van der Waals surface area contributed by atoms with E-state index in [1.165, 1.54) is 0 Å². The molecule has 124 valence electrons. The van der Waals surface area contributed by atoms with Crippen LogP contribution in [0.3, 0.4) is 0 Å². The fourth-order valence-corrected chi connectivity index (χ4v) is 3.21. The van der Waals surface area contributed by atoms with Gasteiger partial charge in [-0.15, -0.1) is 0 Å². The highest BCUT2D eigenvalue weighted by Gasteiger charge is 2.26. The third-order valence-electron chi connectivity index (χ3n) is 4.40. The molecule has 0 bridgehead atoms. The van der Waals surface area contributed by atoms with Gasteiger partial charge in [0.15, 0.2) is 18.2 Å². The number of carbonyl (C=O) groups excluding carboxylic acids is 1. The summed E-state index contributed by atoms with van der Waals surface area (Å²) in [7, 11) is 0. The molecule has 0 radical (unpaired) electrons. The second-order valence-corrected chi connectivity index (χ2v) is 6.18. The van der Waals surface area contributed by atoms with Gasteiger partial charge in [-0.05, 0) is 43.9 Å². The molecule has 1 saturated carbocycles. The third-order valence-corrected chi connectivity index (χ3v) is 4.40. The summed E-state index contributed by atoms with van der Waals surface area (Å²) in [5.41, 5.74) is 0.820. The van der Waals surface area contributed by atoms with Gasteiger partial charge in [-0.2, -0.15) is 0 Å². The third kappa shape index (κ3) is 3.98. The molecule has 0 spiro atoms. The van der Waals surface area contributed by atoms with Crippen molar-refractivity contribution in [3.8, 4) is 5.75 Å². The Kier molecular flexibility index (Phi) is 4.76. The first-order chi connectivity index (χ1) is 11.1. The van der Waals surface area contributed by atoms with E-state index in [0.717, 1.165) is 37.9 Å². The van der Waals surface area contributed by atoms with Crippen molar-refractivity contribution in [1.29, 1.82) is 0 Å². The molecule has 2 unspecified atom stereocenters. The van der Waals surface area contributed by atoms with Gasteiger partial charge in [0, 0.05) is 6.54 Å². The lowest BCUT2D eigenvalue weighted by Crippen LogP contribution is -2.30. The van der Waals surface area contributed by atoms with E-state index in [2.05, 4.69) is 15.6 Å². The van der Waals surface area contributed by atoms with Crippen molar-refractivity contribution in [2.75, 3.05) is 18.5 Å². The number of carbonyl (C=O) groups is 2. The van der Waals surface area contributed by atoms with Crippen molar-refractivity contribution in [3.05, 3.63) is 17.8 Å². The fraction of sp³-hybridized carbons (Fsp3) is 0.562. The van der Waals surface area contributed by atoms with Gasteiger partial charge in [-0.25, -0.2) is 4.98 Å². The van der Waals surface area contributed by atoms with Crippen LogP contribution in [-0.4, -0.2) is 35.1 Å². The Morgan fingerprint density at radius 1 is 1.43 bits per heavy atom. The number of nitrogens with one attached hydrogen (secondary N) is 2. The molecule has 3 rings (SSSR count). The predicted molar refractivity (Wildman–Crippen MR) is 83.2 cm³/mol.